The maximum atomic E-state index is 12.4. The van der Waals surface area contributed by atoms with Crippen molar-refractivity contribution in [3.05, 3.63) is 0 Å². The molecule has 1 atom stereocenters. The van der Waals surface area contributed by atoms with E-state index in [-0.39, 0.29) is 23.7 Å². The molecule has 2 heterocycles. The van der Waals surface area contributed by atoms with E-state index in [0.29, 0.717) is 26.4 Å². The monoisotopic (exact) mass is 269 g/mol. The van der Waals surface area contributed by atoms with E-state index >= 15 is 0 Å². The zero-order valence-corrected chi connectivity index (χ0v) is 11.6. The smallest absolute Gasteiger partial charge is 0.310 e. The van der Waals surface area contributed by atoms with Crippen LogP contribution >= 0.6 is 0 Å². The number of carbonyl (C=O) groups excluding carboxylic acids is 2. The van der Waals surface area contributed by atoms with Crippen LogP contribution in [-0.2, 0) is 19.1 Å². The first kappa shape index (κ1) is 14.3. The number of likely N-dealkylation sites (tertiary alicyclic amines) is 1. The van der Waals surface area contributed by atoms with Crippen molar-refractivity contribution < 1.29 is 19.1 Å². The predicted molar refractivity (Wildman–Crippen MR) is 69.5 cm³/mol. The second-order valence-corrected chi connectivity index (χ2v) is 5.26. The van der Waals surface area contributed by atoms with Crippen molar-refractivity contribution in [2.45, 2.75) is 32.6 Å². The van der Waals surface area contributed by atoms with Crippen LogP contribution < -0.4 is 0 Å². The Hall–Kier alpha value is -1.10. The topological polar surface area (TPSA) is 55.8 Å². The van der Waals surface area contributed by atoms with Crippen LogP contribution in [0, 0.1) is 11.8 Å². The molecule has 19 heavy (non-hydrogen) atoms. The molecule has 0 radical (unpaired) electrons. The SMILES string of the molecule is CCOC(=O)[C@@H]1CCCN(C(=O)C2CCOCC2)C1. The number of rotatable bonds is 3. The molecular formula is C14H23NO4. The van der Waals surface area contributed by atoms with Crippen LogP contribution in [0.1, 0.15) is 32.6 Å². The van der Waals surface area contributed by atoms with Gasteiger partial charge in [0.1, 0.15) is 0 Å². The Morgan fingerprint density at radius 3 is 2.63 bits per heavy atom. The van der Waals surface area contributed by atoms with Gasteiger partial charge in [-0.3, -0.25) is 9.59 Å². The second kappa shape index (κ2) is 6.89. The van der Waals surface area contributed by atoms with Crippen molar-refractivity contribution in [2.24, 2.45) is 11.8 Å². The first-order valence-corrected chi connectivity index (χ1v) is 7.25. The van der Waals surface area contributed by atoms with E-state index in [1.54, 1.807) is 0 Å². The maximum Gasteiger partial charge on any atom is 0.310 e. The molecule has 0 aromatic rings. The van der Waals surface area contributed by atoms with Crippen molar-refractivity contribution in [3.63, 3.8) is 0 Å². The maximum absolute atomic E-state index is 12.4. The van der Waals surface area contributed by atoms with Crippen LogP contribution in [0.5, 0.6) is 0 Å². The van der Waals surface area contributed by atoms with Gasteiger partial charge in [0.05, 0.1) is 12.5 Å². The van der Waals surface area contributed by atoms with Crippen molar-refractivity contribution in [1.29, 1.82) is 0 Å². The molecule has 0 aromatic carbocycles. The van der Waals surface area contributed by atoms with Gasteiger partial charge in [-0.25, -0.2) is 0 Å². The first-order chi connectivity index (χ1) is 9.22. The lowest BCUT2D eigenvalue weighted by molar-refractivity contribution is -0.152. The summed E-state index contributed by atoms with van der Waals surface area (Å²) in [5, 5.41) is 0. The quantitative estimate of drug-likeness (QED) is 0.723. The van der Waals surface area contributed by atoms with Gasteiger partial charge < -0.3 is 14.4 Å². The second-order valence-electron chi connectivity index (χ2n) is 5.26. The Bertz CT molecular complexity index is 325. The van der Waals surface area contributed by atoms with Crippen molar-refractivity contribution >= 4 is 11.9 Å². The molecular weight excluding hydrogens is 246 g/mol. The predicted octanol–water partition coefficient (Wildman–Crippen LogP) is 1.21. The average molecular weight is 269 g/mol. The molecule has 2 aliphatic rings. The van der Waals surface area contributed by atoms with Gasteiger partial charge in [0.25, 0.3) is 0 Å². The fourth-order valence-corrected chi connectivity index (χ4v) is 2.83. The van der Waals surface area contributed by atoms with E-state index < -0.39 is 0 Å². The summed E-state index contributed by atoms with van der Waals surface area (Å²) in [5.41, 5.74) is 0. The van der Waals surface area contributed by atoms with Crippen LogP contribution in [0.2, 0.25) is 0 Å². The van der Waals surface area contributed by atoms with E-state index in [9.17, 15) is 9.59 Å². The molecule has 2 aliphatic heterocycles. The zero-order chi connectivity index (χ0) is 13.7. The number of piperidine rings is 1. The molecule has 5 nitrogen and oxygen atoms in total. The molecule has 0 saturated carbocycles. The van der Waals surface area contributed by atoms with Crippen molar-refractivity contribution in [1.82, 2.24) is 4.90 Å². The van der Waals surface area contributed by atoms with Gasteiger partial charge in [0, 0.05) is 32.2 Å². The number of hydrogen-bond acceptors (Lipinski definition) is 4. The molecule has 0 N–H and O–H groups in total. The lowest BCUT2D eigenvalue weighted by Crippen LogP contribution is -2.46. The van der Waals surface area contributed by atoms with Gasteiger partial charge in [0.2, 0.25) is 5.91 Å². The highest BCUT2D eigenvalue weighted by atomic mass is 16.5. The first-order valence-electron chi connectivity index (χ1n) is 7.25. The highest BCUT2D eigenvalue weighted by molar-refractivity contribution is 5.80. The van der Waals surface area contributed by atoms with Gasteiger partial charge in [-0.05, 0) is 32.6 Å². The molecule has 0 unspecified atom stereocenters. The Balaban J connectivity index is 1.89. The highest BCUT2D eigenvalue weighted by Crippen LogP contribution is 2.23. The lowest BCUT2D eigenvalue weighted by atomic mass is 9.94. The van der Waals surface area contributed by atoms with E-state index in [1.807, 2.05) is 11.8 Å². The Kier molecular flexibility index (Phi) is 5.19. The number of carbonyl (C=O) groups is 2. The normalized spacial score (nSPS) is 25.1. The van der Waals surface area contributed by atoms with E-state index in [2.05, 4.69) is 0 Å². The van der Waals surface area contributed by atoms with Crippen LogP contribution in [0.4, 0.5) is 0 Å². The standard InChI is InChI=1S/C14H23NO4/c1-2-19-14(17)12-4-3-7-15(10-12)13(16)11-5-8-18-9-6-11/h11-12H,2-10H2,1H3/t12-/m1/s1. The van der Waals surface area contributed by atoms with E-state index in [4.69, 9.17) is 9.47 Å². The minimum absolute atomic E-state index is 0.0784. The third-order valence-electron chi connectivity index (χ3n) is 3.92. The summed E-state index contributed by atoms with van der Waals surface area (Å²) in [5.74, 6) is -0.0311. The summed E-state index contributed by atoms with van der Waals surface area (Å²) in [6.07, 6.45) is 3.33. The molecule has 0 aromatic heterocycles. The largest absolute Gasteiger partial charge is 0.466 e. The molecule has 0 spiro atoms. The van der Waals surface area contributed by atoms with Crippen molar-refractivity contribution in [2.75, 3.05) is 32.9 Å². The van der Waals surface area contributed by atoms with Gasteiger partial charge in [-0.1, -0.05) is 0 Å². The molecule has 2 fully saturated rings. The number of hydrogen-bond donors (Lipinski definition) is 0. The molecule has 1 amide bonds. The molecule has 0 bridgehead atoms. The third-order valence-corrected chi connectivity index (χ3v) is 3.92. The van der Waals surface area contributed by atoms with Crippen LogP contribution in [-0.4, -0.2) is 49.7 Å². The summed E-state index contributed by atoms with van der Waals surface area (Å²) in [7, 11) is 0. The van der Waals surface area contributed by atoms with Gasteiger partial charge >= 0.3 is 5.97 Å². The fraction of sp³-hybridized carbons (Fsp3) is 0.857. The minimum Gasteiger partial charge on any atom is -0.466 e. The van der Waals surface area contributed by atoms with Crippen LogP contribution in [0.3, 0.4) is 0 Å². The molecule has 0 aliphatic carbocycles. The number of ether oxygens (including phenoxy) is 2. The number of amides is 1. The lowest BCUT2D eigenvalue weighted by Gasteiger charge is -2.34. The Morgan fingerprint density at radius 2 is 1.95 bits per heavy atom. The zero-order valence-electron chi connectivity index (χ0n) is 11.6. The highest BCUT2D eigenvalue weighted by Gasteiger charge is 2.32. The summed E-state index contributed by atoms with van der Waals surface area (Å²) in [6, 6.07) is 0. The van der Waals surface area contributed by atoms with Crippen molar-refractivity contribution in [3.8, 4) is 0 Å². The van der Waals surface area contributed by atoms with Gasteiger partial charge in [0.15, 0.2) is 0 Å². The van der Waals surface area contributed by atoms with E-state index in [1.165, 1.54) is 0 Å². The summed E-state index contributed by atoms with van der Waals surface area (Å²) in [6.45, 7) is 4.85. The number of nitrogens with zero attached hydrogens (tertiary/aromatic N) is 1. The minimum atomic E-state index is -0.160. The molecule has 2 rings (SSSR count). The fourth-order valence-electron chi connectivity index (χ4n) is 2.83. The Labute approximate surface area is 114 Å². The van der Waals surface area contributed by atoms with Crippen LogP contribution in [0.15, 0.2) is 0 Å². The summed E-state index contributed by atoms with van der Waals surface area (Å²) in [4.78, 5) is 26.0. The van der Waals surface area contributed by atoms with Crippen LogP contribution in [0.25, 0.3) is 0 Å². The van der Waals surface area contributed by atoms with Gasteiger partial charge in [-0.2, -0.15) is 0 Å². The summed E-state index contributed by atoms with van der Waals surface area (Å²) < 4.78 is 10.3. The van der Waals surface area contributed by atoms with Gasteiger partial charge in [-0.15, -0.1) is 0 Å². The third kappa shape index (κ3) is 3.69. The molecule has 108 valence electrons. The average Bonchev–Trinajstić information content (AvgIpc) is 2.48. The molecule has 2 saturated heterocycles. The summed E-state index contributed by atoms with van der Waals surface area (Å²) >= 11 is 0. The van der Waals surface area contributed by atoms with E-state index in [0.717, 1.165) is 32.2 Å². The Morgan fingerprint density at radius 1 is 1.21 bits per heavy atom. The molecule has 5 heteroatoms. The number of esters is 1.